The van der Waals surface area contributed by atoms with E-state index in [2.05, 4.69) is 0 Å². The van der Waals surface area contributed by atoms with E-state index in [0.29, 0.717) is 29.2 Å². The number of primary amides is 1. The SMILES string of the molecule is NC(=O)c1ccc(OC(=O)CC2CCCCC2)cc1-c1ccccc1. The zero-order valence-corrected chi connectivity index (χ0v) is 14.2. The fourth-order valence-corrected chi connectivity index (χ4v) is 3.46. The smallest absolute Gasteiger partial charge is 0.311 e. The van der Waals surface area contributed by atoms with Crippen molar-refractivity contribution in [3.8, 4) is 16.9 Å². The second-order valence-corrected chi connectivity index (χ2v) is 6.62. The summed E-state index contributed by atoms with van der Waals surface area (Å²) >= 11 is 0. The molecule has 0 spiro atoms. The van der Waals surface area contributed by atoms with Gasteiger partial charge >= 0.3 is 5.97 Å². The summed E-state index contributed by atoms with van der Waals surface area (Å²) in [6.07, 6.45) is 6.32. The number of hydrogen-bond donors (Lipinski definition) is 1. The predicted molar refractivity (Wildman–Crippen MR) is 97.2 cm³/mol. The molecule has 2 N–H and O–H groups in total. The molecule has 0 atom stereocenters. The van der Waals surface area contributed by atoms with Crippen LogP contribution in [0.25, 0.3) is 11.1 Å². The van der Waals surface area contributed by atoms with Crippen LogP contribution in [0, 0.1) is 5.92 Å². The van der Waals surface area contributed by atoms with Gasteiger partial charge in [0.05, 0.1) is 0 Å². The Hall–Kier alpha value is -2.62. The molecule has 0 saturated heterocycles. The number of carbonyl (C=O) groups is 2. The number of nitrogens with two attached hydrogens (primary N) is 1. The molecule has 3 rings (SSSR count). The third-order valence-electron chi connectivity index (χ3n) is 4.75. The maximum atomic E-state index is 12.2. The van der Waals surface area contributed by atoms with Crippen molar-refractivity contribution in [1.29, 1.82) is 0 Å². The lowest BCUT2D eigenvalue weighted by atomic mass is 9.87. The van der Waals surface area contributed by atoms with Crippen molar-refractivity contribution in [3.63, 3.8) is 0 Å². The van der Waals surface area contributed by atoms with Crippen molar-refractivity contribution >= 4 is 11.9 Å². The topological polar surface area (TPSA) is 69.4 Å². The number of rotatable bonds is 5. The van der Waals surface area contributed by atoms with Gasteiger partial charge in [-0.05, 0) is 48.1 Å². The molecule has 2 aromatic rings. The van der Waals surface area contributed by atoms with Crippen LogP contribution in [0.3, 0.4) is 0 Å². The summed E-state index contributed by atoms with van der Waals surface area (Å²) in [6.45, 7) is 0. The second kappa shape index (κ2) is 7.97. The van der Waals surface area contributed by atoms with E-state index in [1.165, 1.54) is 19.3 Å². The summed E-state index contributed by atoms with van der Waals surface area (Å²) in [5.41, 5.74) is 7.43. The number of esters is 1. The van der Waals surface area contributed by atoms with Gasteiger partial charge in [0.1, 0.15) is 5.75 Å². The Morgan fingerprint density at radius 2 is 1.72 bits per heavy atom. The Morgan fingerprint density at radius 1 is 1.00 bits per heavy atom. The van der Waals surface area contributed by atoms with Gasteiger partial charge in [-0.25, -0.2) is 0 Å². The third-order valence-corrected chi connectivity index (χ3v) is 4.75. The quantitative estimate of drug-likeness (QED) is 0.652. The lowest BCUT2D eigenvalue weighted by Gasteiger charge is -2.20. The van der Waals surface area contributed by atoms with Gasteiger partial charge in [0.25, 0.3) is 0 Å². The average molecular weight is 337 g/mol. The first-order chi connectivity index (χ1) is 12.1. The summed E-state index contributed by atoms with van der Waals surface area (Å²) in [7, 11) is 0. The summed E-state index contributed by atoms with van der Waals surface area (Å²) in [6, 6.07) is 14.4. The molecule has 2 aromatic carbocycles. The maximum absolute atomic E-state index is 12.2. The maximum Gasteiger partial charge on any atom is 0.311 e. The largest absolute Gasteiger partial charge is 0.426 e. The summed E-state index contributed by atoms with van der Waals surface area (Å²) in [4.78, 5) is 23.9. The summed E-state index contributed by atoms with van der Waals surface area (Å²) < 4.78 is 5.52. The molecule has 0 bridgehead atoms. The molecule has 0 aromatic heterocycles. The molecule has 1 fully saturated rings. The van der Waals surface area contributed by atoms with Gasteiger partial charge in [-0.1, -0.05) is 49.6 Å². The standard InChI is InChI=1S/C21H23NO3/c22-21(24)18-12-11-17(14-19(18)16-9-5-2-6-10-16)25-20(23)13-15-7-3-1-4-8-15/h2,5-6,9-12,14-15H,1,3-4,7-8,13H2,(H2,22,24). The van der Waals surface area contributed by atoms with E-state index in [-0.39, 0.29) is 5.97 Å². The van der Waals surface area contributed by atoms with Gasteiger partial charge in [0, 0.05) is 12.0 Å². The average Bonchev–Trinajstić information content (AvgIpc) is 2.63. The Labute approximate surface area is 148 Å². The van der Waals surface area contributed by atoms with Gasteiger partial charge in [-0.2, -0.15) is 0 Å². The van der Waals surface area contributed by atoms with Crippen LogP contribution in [0.4, 0.5) is 0 Å². The number of carbonyl (C=O) groups excluding carboxylic acids is 2. The van der Waals surface area contributed by atoms with Gasteiger partial charge in [0.2, 0.25) is 5.91 Å². The van der Waals surface area contributed by atoms with Gasteiger partial charge in [-0.15, -0.1) is 0 Å². The van der Waals surface area contributed by atoms with E-state index in [9.17, 15) is 9.59 Å². The van der Waals surface area contributed by atoms with Gasteiger partial charge < -0.3 is 10.5 Å². The van der Waals surface area contributed by atoms with Crippen LogP contribution >= 0.6 is 0 Å². The normalized spacial score (nSPS) is 14.9. The molecular formula is C21H23NO3. The minimum atomic E-state index is -0.501. The van der Waals surface area contributed by atoms with Crippen molar-refractivity contribution in [2.45, 2.75) is 38.5 Å². The van der Waals surface area contributed by atoms with Gasteiger partial charge in [0.15, 0.2) is 0 Å². The van der Waals surface area contributed by atoms with E-state index in [1.807, 2.05) is 30.3 Å². The summed E-state index contributed by atoms with van der Waals surface area (Å²) in [5, 5.41) is 0. The van der Waals surface area contributed by atoms with Crippen LogP contribution in [-0.2, 0) is 4.79 Å². The van der Waals surface area contributed by atoms with E-state index in [1.54, 1.807) is 18.2 Å². The number of hydrogen-bond acceptors (Lipinski definition) is 3. The first-order valence-corrected chi connectivity index (χ1v) is 8.83. The van der Waals surface area contributed by atoms with E-state index >= 15 is 0 Å². The molecule has 25 heavy (non-hydrogen) atoms. The molecular weight excluding hydrogens is 314 g/mol. The number of ether oxygens (including phenoxy) is 1. The van der Waals surface area contributed by atoms with E-state index < -0.39 is 5.91 Å². The Bertz CT molecular complexity index is 749. The molecule has 1 aliphatic rings. The first kappa shape index (κ1) is 17.2. The van der Waals surface area contributed by atoms with E-state index in [4.69, 9.17) is 10.5 Å². The predicted octanol–water partition coefficient (Wildman–Crippen LogP) is 4.33. The number of benzene rings is 2. The Balaban J connectivity index is 1.78. The monoisotopic (exact) mass is 337 g/mol. The highest BCUT2D eigenvalue weighted by Gasteiger charge is 2.19. The molecule has 1 aliphatic carbocycles. The zero-order chi connectivity index (χ0) is 17.6. The van der Waals surface area contributed by atoms with Crippen molar-refractivity contribution in [2.24, 2.45) is 11.7 Å². The van der Waals surface area contributed by atoms with E-state index in [0.717, 1.165) is 18.4 Å². The van der Waals surface area contributed by atoms with Crippen LogP contribution in [0.2, 0.25) is 0 Å². The minimum Gasteiger partial charge on any atom is -0.426 e. The molecule has 0 heterocycles. The highest BCUT2D eigenvalue weighted by Crippen LogP contribution is 2.30. The highest BCUT2D eigenvalue weighted by atomic mass is 16.5. The summed E-state index contributed by atoms with van der Waals surface area (Å²) in [5.74, 6) is 0.168. The molecule has 4 heteroatoms. The van der Waals surface area contributed by atoms with Crippen LogP contribution < -0.4 is 10.5 Å². The van der Waals surface area contributed by atoms with Crippen molar-refractivity contribution in [3.05, 3.63) is 54.1 Å². The minimum absolute atomic E-state index is 0.210. The first-order valence-electron chi connectivity index (χ1n) is 8.83. The lowest BCUT2D eigenvalue weighted by molar-refractivity contribution is -0.135. The zero-order valence-electron chi connectivity index (χ0n) is 14.2. The lowest BCUT2D eigenvalue weighted by Crippen LogP contribution is -2.17. The Kier molecular flexibility index (Phi) is 5.49. The van der Waals surface area contributed by atoms with Gasteiger partial charge in [-0.3, -0.25) is 9.59 Å². The van der Waals surface area contributed by atoms with Crippen LogP contribution in [0.1, 0.15) is 48.9 Å². The number of amides is 1. The van der Waals surface area contributed by atoms with Crippen molar-refractivity contribution in [2.75, 3.05) is 0 Å². The molecule has 0 unspecified atom stereocenters. The fraction of sp³-hybridized carbons (Fsp3) is 0.333. The van der Waals surface area contributed by atoms with Crippen molar-refractivity contribution in [1.82, 2.24) is 0 Å². The molecule has 0 aliphatic heterocycles. The molecule has 4 nitrogen and oxygen atoms in total. The van der Waals surface area contributed by atoms with Crippen LogP contribution in [-0.4, -0.2) is 11.9 Å². The molecule has 1 saturated carbocycles. The third kappa shape index (κ3) is 4.47. The van der Waals surface area contributed by atoms with Crippen LogP contribution in [0.5, 0.6) is 5.75 Å². The molecule has 0 radical (unpaired) electrons. The fourth-order valence-electron chi connectivity index (χ4n) is 3.46. The second-order valence-electron chi connectivity index (χ2n) is 6.62. The van der Waals surface area contributed by atoms with Crippen molar-refractivity contribution < 1.29 is 14.3 Å². The Morgan fingerprint density at radius 3 is 2.40 bits per heavy atom. The van der Waals surface area contributed by atoms with Crippen LogP contribution in [0.15, 0.2) is 48.5 Å². The molecule has 130 valence electrons. The highest BCUT2D eigenvalue weighted by molar-refractivity contribution is 6.00. The molecule has 1 amide bonds.